The predicted octanol–water partition coefficient (Wildman–Crippen LogP) is 1.74. The Kier molecular flexibility index (Phi) is 4.75. The van der Waals surface area contributed by atoms with E-state index in [9.17, 15) is 0 Å². The summed E-state index contributed by atoms with van der Waals surface area (Å²) in [5.74, 6) is 0.693. The molecular formula is C15H24N2O. The highest BCUT2D eigenvalue weighted by atomic mass is 16.3. The van der Waals surface area contributed by atoms with Gasteiger partial charge < -0.3 is 10.8 Å². The van der Waals surface area contributed by atoms with Crippen LogP contribution in [0.5, 0.6) is 0 Å². The Hall–Kier alpha value is -0.900. The van der Waals surface area contributed by atoms with Gasteiger partial charge in [0.2, 0.25) is 0 Å². The van der Waals surface area contributed by atoms with E-state index < -0.39 is 0 Å². The van der Waals surface area contributed by atoms with Crippen LogP contribution in [0.3, 0.4) is 0 Å². The Morgan fingerprint density at radius 1 is 1.22 bits per heavy atom. The van der Waals surface area contributed by atoms with Crippen molar-refractivity contribution in [3.63, 3.8) is 0 Å². The molecule has 0 aliphatic carbocycles. The van der Waals surface area contributed by atoms with E-state index >= 15 is 0 Å². The molecule has 1 aliphatic heterocycles. The van der Waals surface area contributed by atoms with Crippen LogP contribution in [0.2, 0.25) is 0 Å². The molecule has 3 heteroatoms. The van der Waals surface area contributed by atoms with Gasteiger partial charge in [-0.1, -0.05) is 24.3 Å². The van der Waals surface area contributed by atoms with Crippen molar-refractivity contribution in [1.29, 1.82) is 0 Å². The summed E-state index contributed by atoms with van der Waals surface area (Å²) in [6.07, 6.45) is 2.43. The number of benzene rings is 1. The molecule has 3 nitrogen and oxygen atoms in total. The SMILES string of the molecule is CC(N)C1CCN(Cc2ccc(CO)cc2)CC1. The van der Waals surface area contributed by atoms with Gasteiger partial charge in [0.05, 0.1) is 6.61 Å². The highest BCUT2D eigenvalue weighted by Gasteiger charge is 2.21. The molecule has 0 radical (unpaired) electrons. The molecule has 0 amide bonds. The zero-order chi connectivity index (χ0) is 13.0. The van der Waals surface area contributed by atoms with Crippen LogP contribution in [0.1, 0.15) is 30.9 Å². The molecule has 1 saturated heterocycles. The van der Waals surface area contributed by atoms with Crippen molar-refractivity contribution in [2.24, 2.45) is 11.7 Å². The van der Waals surface area contributed by atoms with Crippen molar-refractivity contribution in [3.8, 4) is 0 Å². The first-order valence-electron chi connectivity index (χ1n) is 6.85. The van der Waals surface area contributed by atoms with Crippen LogP contribution in [0.15, 0.2) is 24.3 Å². The number of piperidine rings is 1. The minimum Gasteiger partial charge on any atom is -0.392 e. The first-order valence-corrected chi connectivity index (χ1v) is 6.85. The molecule has 1 heterocycles. The van der Waals surface area contributed by atoms with Crippen LogP contribution in [-0.4, -0.2) is 29.1 Å². The number of hydrogen-bond acceptors (Lipinski definition) is 3. The maximum Gasteiger partial charge on any atom is 0.0681 e. The molecule has 1 aromatic rings. The van der Waals surface area contributed by atoms with E-state index in [-0.39, 0.29) is 6.61 Å². The smallest absolute Gasteiger partial charge is 0.0681 e. The molecule has 0 spiro atoms. The maximum atomic E-state index is 9.01. The van der Waals surface area contributed by atoms with Crippen molar-refractivity contribution in [3.05, 3.63) is 35.4 Å². The fourth-order valence-electron chi connectivity index (χ4n) is 2.65. The van der Waals surface area contributed by atoms with Crippen LogP contribution >= 0.6 is 0 Å². The summed E-state index contributed by atoms with van der Waals surface area (Å²) in [7, 11) is 0. The van der Waals surface area contributed by atoms with Gasteiger partial charge in [0.1, 0.15) is 0 Å². The van der Waals surface area contributed by atoms with E-state index in [4.69, 9.17) is 10.8 Å². The number of likely N-dealkylation sites (tertiary alicyclic amines) is 1. The van der Waals surface area contributed by atoms with Gasteiger partial charge in [-0.2, -0.15) is 0 Å². The molecule has 0 bridgehead atoms. The summed E-state index contributed by atoms with van der Waals surface area (Å²) in [6, 6.07) is 8.57. The topological polar surface area (TPSA) is 49.5 Å². The lowest BCUT2D eigenvalue weighted by Gasteiger charge is -2.33. The van der Waals surface area contributed by atoms with Gasteiger partial charge in [-0.05, 0) is 49.9 Å². The monoisotopic (exact) mass is 248 g/mol. The number of rotatable bonds is 4. The first-order chi connectivity index (χ1) is 8.69. The van der Waals surface area contributed by atoms with Gasteiger partial charge in [0.25, 0.3) is 0 Å². The fourth-order valence-corrected chi connectivity index (χ4v) is 2.65. The van der Waals surface area contributed by atoms with E-state index in [1.54, 1.807) is 0 Å². The molecule has 1 atom stereocenters. The van der Waals surface area contributed by atoms with Gasteiger partial charge >= 0.3 is 0 Å². The second-order valence-corrected chi connectivity index (χ2v) is 5.45. The zero-order valence-corrected chi connectivity index (χ0v) is 11.2. The second-order valence-electron chi connectivity index (χ2n) is 5.45. The standard InChI is InChI=1S/C15H24N2O/c1-12(16)15-6-8-17(9-7-15)10-13-2-4-14(11-18)5-3-13/h2-5,12,15,18H,6-11,16H2,1H3. The molecule has 0 saturated carbocycles. The number of aliphatic hydroxyl groups is 1. The lowest BCUT2D eigenvalue weighted by molar-refractivity contribution is 0.165. The highest BCUT2D eigenvalue weighted by molar-refractivity contribution is 5.21. The molecule has 1 aliphatic rings. The Morgan fingerprint density at radius 3 is 2.28 bits per heavy atom. The summed E-state index contributed by atoms with van der Waals surface area (Å²) in [6.45, 7) is 5.55. The number of nitrogens with zero attached hydrogens (tertiary/aromatic N) is 1. The minimum absolute atomic E-state index is 0.125. The Bertz CT molecular complexity index is 353. The average molecular weight is 248 g/mol. The van der Waals surface area contributed by atoms with E-state index in [1.165, 1.54) is 18.4 Å². The molecule has 2 rings (SSSR count). The Balaban J connectivity index is 1.83. The molecular weight excluding hydrogens is 224 g/mol. The Labute approximate surface area is 110 Å². The van der Waals surface area contributed by atoms with Crippen molar-refractivity contribution < 1.29 is 5.11 Å². The second kappa shape index (κ2) is 6.32. The molecule has 18 heavy (non-hydrogen) atoms. The lowest BCUT2D eigenvalue weighted by Crippen LogP contribution is -2.39. The van der Waals surface area contributed by atoms with Crippen LogP contribution < -0.4 is 5.73 Å². The van der Waals surface area contributed by atoms with Crippen LogP contribution in [0, 0.1) is 5.92 Å². The van der Waals surface area contributed by atoms with E-state index in [0.29, 0.717) is 12.0 Å². The molecule has 100 valence electrons. The summed E-state index contributed by atoms with van der Waals surface area (Å²) in [5, 5.41) is 9.01. The summed E-state index contributed by atoms with van der Waals surface area (Å²) >= 11 is 0. The summed E-state index contributed by atoms with van der Waals surface area (Å²) in [5.41, 5.74) is 8.26. The predicted molar refractivity (Wildman–Crippen MR) is 74.0 cm³/mol. The van der Waals surface area contributed by atoms with Gasteiger partial charge in [-0.15, -0.1) is 0 Å². The van der Waals surface area contributed by atoms with Gasteiger partial charge in [-0.25, -0.2) is 0 Å². The first kappa shape index (κ1) is 13.5. The van der Waals surface area contributed by atoms with Gasteiger partial charge in [0.15, 0.2) is 0 Å². The minimum atomic E-state index is 0.125. The zero-order valence-electron chi connectivity index (χ0n) is 11.2. The van der Waals surface area contributed by atoms with Gasteiger partial charge in [-0.3, -0.25) is 4.90 Å². The third kappa shape index (κ3) is 3.55. The summed E-state index contributed by atoms with van der Waals surface area (Å²) in [4.78, 5) is 2.49. The largest absolute Gasteiger partial charge is 0.392 e. The number of nitrogens with two attached hydrogens (primary N) is 1. The fraction of sp³-hybridized carbons (Fsp3) is 0.600. The molecule has 1 aromatic carbocycles. The molecule has 3 N–H and O–H groups in total. The van der Waals surface area contributed by atoms with Crippen LogP contribution in [-0.2, 0) is 13.2 Å². The van der Waals surface area contributed by atoms with E-state index in [1.807, 2.05) is 12.1 Å². The van der Waals surface area contributed by atoms with Crippen molar-refractivity contribution in [2.75, 3.05) is 13.1 Å². The third-order valence-corrected chi connectivity index (χ3v) is 3.99. The number of aliphatic hydroxyl groups excluding tert-OH is 1. The molecule has 0 aromatic heterocycles. The van der Waals surface area contributed by atoms with E-state index in [0.717, 1.165) is 25.2 Å². The van der Waals surface area contributed by atoms with Crippen molar-refractivity contribution >= 4 is 0 Å². The lowest BCUT2D eigenvalue weighted by atomic mass is 9.91. The van der Waals surface area contributed by atoms with E-state index in [2.05, 4.69) is 24.0 Å². The number of hydrogen-bond donors (Lipinski definition) is 2. The van der Waals surface area contributed by atoms with Crippen LogP contribution in [0.25, 0.3) is 0 Å². The molecule has 1 unspecified atom stereocenters. The normalized spacial score (nSPS) is 19.9. The summed E-state index contributed by atoms with van der Waals surface area (Å²) < 4.78 is 0. The Morgan fingerprint density at radius 2 is 1.78 bits per heavy atom. The maximum absolute atomic E-state index is 9.01. The third-order valence-electron chi connectivity index (χ3n) is 3.99. The van der Waals surface area contributed by atoms with Gasteiger partial charge in [0, 0.05) is 12.6 Å². The average Bonchev–Trinajstić information content (AvgIpc) is 2.40. The highest BCUT2D eigenvalue weighted by Crippen LogP contribution is 2.21. The molecule has 1 fully saturated rings. The van der Waals surface area contributed by atoms with Crippen molar-refractivity contribution in [1.82, 2.24) is 4.90 Å². The van der Waals surface area contributed by atoms with Crippen molar-refractivity contribution in [2.45, 2.75) is 39.0 Å². The quantitative estimate of drug-likeness (QED) is 0.853. The van der Waals surface area contributed by atoms with Crippen LogP contribution in [0.4, 0.5) is 0 Å².